The molecule has 0 spiro atoms. The van der Waals surface area contributed by atoms with Crippen molar-refractivity contribution in [1.29, 1.82) is 0 Å². The topological polar surface area (TPSA) is 121 Å². The zero-order chi connectivity index (χ0) is 20.1. The first-order chi connectivity index (χ1) is 12.7. The smallest absolute Gasteiger partial charge is 0.323 e. The zero-order valence-electron chi connectivity index (χ0n) is 14.8. The molecule has 1 saturated heterocycles. The summed E-state index contributed by atoms with van der Waals surface area (Å²) in [5, 5.41) is 20.2. The van der Waals surface area contributed by atoms with Gasteiger partial charge in [-0.25, -0.2) is 0 Å². The SMILES string of the molecule is CC(=O)N(CC(=O)O)C1CCCN(C(=O)c2c(Cl)cccc2[N+](=O)[O-])CC1. The maximum absolute atomic E-state index is 12.8. The van der Waals surface area contributed by atoms with Gasteiger partial charge in [0.2, 0.25) is 5.91 Å². The number of aliphatic carboxylic acids is 1. The summed E-state index contributed by atoms with van der Waals surface area (Å²) in [6.45, 7) is 1.50. The van der Waals surface area contributed by atoms with Gasteiger partial charge in [0.15, 0.2) is 0 Å². The van der Waals surface area contributed by atoms with Crippen LogP contribution in [0.3, 0.4) is 0 Å². The van der Waals surface area contributed by atoms with Gasteiger partial charge in [0.1, 0.15) is 12.1 Å². The Kier molecular flexibility index (Phi) is 6.73. The number of hydrogen-bond donors (Lipinski definition) is 1. The van der Waals surface area contributed by atoms with E-state index in [0.29, 0.717) is 25.8 Å². The highest BCUT2D eigenvalue weighted by atomic mass is 35.5. The van der Waals surface area contributed by atoms with E-state index in [1.807, 2.05) is 0 Å². The van der Waals surface area contributed by atoms with Crippen LogP contribution < -0.4 is 0 Å². The van der Waals surface area contributed by atoms with E-state index in [1.54, 1.807) is 0 Å². The summed E-state index contributed by atoms with van der Waals surface area (Å²) in [6.07, 6.45) is 1.47. The summed E-state index contributed by atoms with van der Waals surface area (Å²) in [4.78, 5) is 49.0. The molecular formula is C17H20ClN3O6. The van der Waals surface area contributed by atoms with Gasteiger partial charge in [0.05, 0.1) is 9.95 Å². The van der Waals surface area contributed by atoms with Crippen LogP contribution in [0, 0.1) is 10.1 Å². The van der Waals surface area contributed by atoms with E-state index >= 15 is 0 Å². The second kappa shape index (κ2) is 8.81. The Morgan fingerprint density at radius 1 is 1.33 bits per heavy atom. The van der Waals surface area contributed by atoms with E-state index in [2.05, 4.69) is 0 Å². The minimum atomic E-state index is -1.10. The van der Waals surface area contributed by atoms with Gasteiger partial charge < -0.3 is 14.9 Å². The first-order valence-corrected chi connectivity index (χ1v) is 8.81. The van der Waals surface area contributed by atoms with Crippen LogP contribution >= 0.6 is 11.6 Å². The lowest BCUT2D eigenvalue weighted by Crippen LogP contribution is -2.43. The van der Waals surface area contributed by atoms with E-state index in [9.17, 15) is 24.5 Å². The molecule has 1 aliphatic rings. The molecule has 1 heterocycles. The van der Waals surface area contributed by atoms with E-state index in [0.717, 1.165) is 0 Å². The number of halogens is 1. The highest BCUT2D eigenvalue weighted by Gasteiger charge is 2.31. The van der Waals surface area contributed by atoms with E-state index in [1.165, 1.54) is 34.9 Å². The van der Waals surface area contributed by atoms with Crippen LogP contribution in [-0.2, 0) is 9.59 Å². The third-order valence-corrected chi connectivity index (χ3v) is 4.85. The number of rotatable bonds is 5. The number of hydrogen-bond acceptors (Lipinski definition) is 5. The van der Waals surface area contributed by atoms with Crippen LogP contribution in [0.4, 0.5) is 5.69 Å². The fourth-order valence-corrected chi connectivity index (χ4v) is 3.52. The molecule has 0 radical (unpaired) electrons. The van der Waals surface area contributed by atoms with Gasteiger partial charge in [0.25, 0.3) is 11.6 Å². The standard InChI is InChI=1S/C17H20ClN3O6/c1-11(22)20(10-15(23)24)12-4-3-8-19(9-7-12)17(25)16-13(18)5-2-6-14(16)21(26)27/h2,5-6,12H,3-4,7-10H2,1H3,(H,23,24). The van der Waals surface area contributed by atoms with E-state index < -0.39 is 23.3 Å². The summed E-state index contributed by atoms with van der Waals surface area (Å²) in [6, 6.07) is 3.75. The van der Waals surface area contributed by atoms with E-state index in [4.69, 9.17) is 16.7 Å². The average Bonchev–Trinajstić information content (AvgIpc) is 2.84. The molecule has 1 N–H and O–H groups in total. The molecule has 10 heteroatoms. The predicted octanol–water partition coefficient (Wildman–Crippen LogP) is 2.18. The molecule has 2 rings (SSSR count). The fourth-order valence-electron chi connectivity index (χ4n) is 3.27. The molecule has 1 fully saturated rings. The molecule has 146 valence electrons. The van der Waals surface area contributed by atoms with Crippen molar-refractivity contribution in [2.75, 3.05) is 19.6 Å². The molecule has 1 aromatic rings. The number of carboxylic acids is 1. The molecule has 2 amide bonds. The number of carboxylic acid groups (broad SMARTS) is 1. The monoisotopic (exact) mass is 397 g/mol. The van der Waals surface area contributed by atoms with Crippen LogP contribution in [0.5, 0.6) is 0 Å². The molecule has 1 unspecified atom stereocenters. The molecule has 9 nitrogen and oxygen atoms in total. The summed E-state index contributed by atoms with van der Waals surface area (Å²) >= 11 is 6.04. The summed E-state index contributed by atoms with van der Waals surface area (Å²) in [5.74, 6) is -1.99. The van der Waals surface area contributed by atoms with Crippen LogP contribution in [0.1, 0.15) is 36.5 Å². The summed E-state index contributed by atoms with van der Waals surface area (Å²) in [5.41, 5.74) is -0.513. The lowest BCUT2D eigenvalue weighted by Gasteiger charge is -2.28. The Balaban J connectivity index is 2.19. The number of amides is 2. The quantitative estimate of drug-likeness (QED) is 0.600. The van der Waals surface area contributed by atoms with Crippen LogP contribution in [0.2, 0.25) is 5.02 Å². The molecule has 0 aromatic heterocycles. The van der Waals surface area contributed by atoms with Crippen molar-refractivity contribution in [3.05, 3.63) is 38.9 Å². The number of carbonyl (C=O) groups is 3. The maximum Gasteiger partial charge on any atom is 0.323 e. The highest BCUT2D eigenvalue weighted by molar-refractivity contribution is 6.34. The number of carbonyl (C=O) groups excluding carboxylic acids is 2. The first-order valence-electron chi connectivity index (χ1n) is 8.43. The van der Waals surface area contributed by atoms with Crippen molar-refractivity contribution in [3.63, 3.8) is 0 Å². The van der Waals surface area contributed by atoms with Gasteiger partial charge in [-0.15, -0.1) is 0 Å². The minimum Gasteiger partial charge on any atom is -0.480 e. The van der Waals surface area contributed by atoms with Crippen molar-refractivity contribution in [2.24, 2.45) is 0 Å². The van der Waals surface area contributed by atoms with Gasteiger partial charge in [-0.3, -0.25) is 24.5 Å². The Hall–Kier alpha value is -2.68. The molecule has 1 aromatic carbocycles. The second-order valence-corrected chi connectivity index (χ2v) is 6.72. The average molecular weight is 398 g/mol. The van der Waals surface area contributed by atoms with Gasteiger partial charge in [0, 0.05) is 32.1 Å². The molecule has 0 saturated carbocycles. The normalized spacial score (nSPS) is 17.1. The third-order valence-electron chi connectivity index (χ3n) is 4.54. The lowest BCUT2D eigenvalue weighted by atomic mass is 10.1. The van der Waals surface area contributed by atoms with Gasteiger partial charge in [-0.05, 0) is 25.3 Å². The number of nitrogens with zero attached hydrogens (tertiary/aromatic N) is 3. The van der Waals surface area contributed by atoms with Crippen molar-refractivity contribution in [3.8, 4) is 0 Å². The predicted molar refractivity (Wildman–Crippen MR) is 96.7 cm³/mol. The maximum atomic E-state index is 12.8. The number of nitro benzene ring substituents is 1. The molecule has 27 heavy (non-hydrogen) atoms. The molecule has 0 bridgehead atoms. The molecule has 1 aliphatic heterocycles. The van der Waals surface area contributed by atoms with Gasteiger partial charge in [-0.2, -0.15) is 0 Å². The minimum absolute atomic E-state index is 0.00577. The first kappa shape index (κ1) is 20.6. The number of benzene rings is 1. The molecule has 0 aliphatic carbocycles. The van der Waals surface area contributed by atoms with Crippen LogP contribution in [-0.4, -0.2) is 63.3 Å². The highest BCUT2D eigenvalue weighted by Crippen LogP contribution is 2.29. The second-order valence-electron chi connectivity index (χ2n) is 6.31. The van der Waals surface area contributed by atoms with Gasteiger partial charge in [-0.1, -0.05) is 17.7 Å². The Morgan fingerprint density at radius 3 is 2.63 bits per heavy atom. The van der Waals surface area contributed by atoms with E-state index in [-0.39, 0.29) is 34.8 Å². The van der Waals surface area contributed by atoms with Crippen molar-refractivity contribution in [2.45, 2.75) is 32.2 Å². The summed E-state index contributed by atoms with van der Waals surface area (Å²) in [7, 11) is 0. The Morgan fingerprint density at radius 2 is 2.04 bits per heavy atom. The lowest BCUT2D eigenvalue weighted by molar-refractivity contribution is -0.385. The third kappa shape index (κ3) is 4.94. The van der Waals surface area contributed by atoms with Crippen molar-refractivity contribution >= 4 is 35.1 Å². The van der Waals surface area contributed by atoms with Crippen LogP contribution in [0.15, 0.2) is 18.2 Å². The van der Waals surface area contributed by atoms with Crippen LogP contribution in [0.25, 0.3) is 0 Å². The Labute approximate surface area is 160 Å². The molecular weight excluding hydrogens is 378 g/mol. The zero-order valence-corrected chi connectivity index (χ0v) is 15.5. The fraction of sp³-hybridized carbons (Fsp3) is 0.471. The Bertz CT molecular complexity index is 769. The van der Waals surface area contributed by atoms with Crippen molar-refractivity contribution < 1.29 is 24.4 Å². The van der Waals surface area contributed by atoms with Crippen molar-refractivity contribution in [1.82, 2.24) is 9.80 Å². The largest absolute Gasteiger partial charge is 0.480 e. The number of likely N-dealkylation sites (tertiary alicyclic amines) is 1. The van der Waals surface area contributed by atoms with Gasteiger partial charge >= 0.3 is 5.97 Å². The summed E-state index contributed by atoms with van der Waals surface area (Å²) < 4.78 is 0. The number of nitro groups is 1. The molecule has 1 atom stereocenters.